The van der Waals surface area contributed by atoms with Crippen molar-refractivity contribution in [2.45, 2.75) is 20.5 Å². The van der Waals surface area contributed by atoms with Gasteiger partial charge in [-0.25, -0.2) is 14.4 Å². The van der Waals surface area contributed by atoms with Gasteiger partial charge in [0.2, 0.25) is 6.79 Å². The summed E-state index contributed by atoms with van der Waals surface area (Å²) in [6.45, 7) is 10.1. The minimum absolute atomic E-state index is 0.0964. The van der Waals surface area contributed by atoms with Crippen LogP contribution in [0.3, 0.4) is 0 Å². The highest BCUT2D eigenvalue weighted by Crippen LogP contribution is 2.28. The summed E-state index contributed by atoms with van der Waals surface area (Å²) < 4.78 is 21.1. The van der Waals surface area contributed by atoms with Crippen LogP contribution < -0.4 is 9.47 Å². The fraction of sp³-hybridized carbons (Fsp3) is 0.121. The SMILES string of the molecule is C=C(C)C(=O)OCOc1ccc2cc(-c3ccc(OC(=O)c4ccc(COC(=O)C(=C)C)cc4)cc3)ccc2c1. The van der Waals surface area contributed by atoms with Crippen LogP contribution in [-0.2, 0) is 25.7 Å². The van der Waals surface area contributed by atoms with E-state index in [1.54, 1.807) is 50.2 Å². The van der Waals surface area contributed by atoms with Crippen molar-refractivity contribution < 1.29 is 33.3 Å². The Morgan fingerprint density at radius 1 is 0.650 bits per heavy atom. The summed E-state index contributed by atoms with van der Waals surface area (Å²) in [5.74, 6) is -0.447. The van der Waals surface area contributed by atoms with Gasteiger partial charge < -0.3 is 18.9 Å². The fourth-order valence-corrected chi connectivity index (χ4v) is 3.66. The summed E-state index contributed by atoms with van der Waals surface area (Å²) in [6.07, 6.45) is 0. The normalized spacial score (nSPS) is 10.4. The summed E-state index contributed by atoms with van der Waals surface area (Å²) in [7, 11) is 0. The lowest BCUT2D eigenvalue weighted by Crippen LogP contribution is -2.10. The second-order valence-corrected chi connectivity index (χ2v) is 9.17. The first-order chi connectivity index (χ1) is 19.2. The molecule has 0 spiro atoms. The molecule has 0 saturated carbocycles. The van der Waals surface area contributed by atoms with Crippen molar-refractivity contribution in [2.24, 2.45) is 0 Å². The van der Waals surface area contributed by atoms with E-state index in [1.807, 2.05) is 42.5 Å². The molecule has 4 aromatic rings. The minimum Gasteiger partial charge on any atom is -0.457 e. The van der Waals surface area contributed by atoms with Crippen molar-refractivity contribution in [3.8, 4) is 22.6 Å². The maximum atomic E-state index is 12.6. The first-order valence-electron chi connectivity index (χ1n) is 12.4. The first-order valence-corrected chi connectivity index (χ1v) is 12.4. The molecule has 0 fully saturated rings. The second-order valence-electron chi connectivity index (χ2n) is 9.17. The average Bonchev–Trinajstić information content (AvgIpc) is 2.96. The van der Waals surface area contributed by atoms with Crippen LogP contribution in [0.2, 0.25) is 0 Å². The summed E-state index contributed by atoms with van der Waals surface area (Å²) in [5.41, 5.74) is 3.73. The van der Waals surface area contributed by atoms with Crippen molar-refractivity contribution in [2.75, 3.05) is 6.79 Å². The van der Waals surface area contributed by atoms with E-state index < -0.39 is 17.9 Å². The maximum absolute atomic E-state index is 12.6. The number of carbonyl (C=O) groups excluding carboxylic acids is 3. The predicted molar refractivity (Wildman–Crippen MR) is 152 cm³/mol. The molecule has 0 saturated heterocycles. The lowest BCUT2D eigenvalue weighted by Gasteiger charge is -2.10. The van der Waals surface area contributed by atoms with Crippen LogP contribution in [0.5, 0.6) is 11.5 Å². The van der Waals surface area contributed by atoms with Gasteiger partial charge in [-0.2, -0.15) is 0 Å². The molecule has 40 heavy (non-hydrogen) atoms. The highest BCUT2D eigenvalue weighted by atomic mass is 16.7. The van der Waals surface area contributed by atoms with Gasteiger partial charge >= 0.3 is 17.9 Å². The van der Waals surface area contributed by atoms with Gasteiger partial charge in [0.1, 0.15) is 18.1 Å². The van der Waals surface area contributed by atoms with Crippen LogP contribution in [0.4, 0.5) is 0 Å². The zero-order chi connectivity index (χ0) is 28.6. The molecule has 0 aliphatic heterocycles. The van der Waals surface area contributed by atoms with Crippen molar-refractivity contribution in [3.63, 3.8) is 0 Å². The van der Waals surface area contributed by atoms with Gasteiger partial charge in [0, 0.05) is 11.1 Å². The third kappa shape index (κ3) is 7.23. The van der Waals surface area contributed by atoms with Gasteiger partial charge in [0.15, 0.2) is 0 Å². The number of carbonyl (C=O) groups is 3. The molecule has 0 aliphatic rings. The van der Waals surface area contributed by atoms with Crippen LogP contribution in [0.1, 0.15) is 29.8 Å². The lowest BCUT2D eigenvalue weighted by molar-refractivity contribution is -0.145. The van der Waals surface area contributed by atoms with Gasteiger partial charge in [-0.05, 0) is 83.8 Å². The maximum Gasteiger partial charge on any atom is 0.343 e. The van der Waals surface area contributed by atoms with Crippen LogP contribution in [0.25, 0.3) is 21.9 Å². The largest absolute Gasteiger partial charge is 0.457 e. The quantitative estimate of drug-likeness (QED) is 0.0953. The van der Waals surface area contributed by atoms with E-state index in [9.17, 15) is 14.4 Å². The number of hydrogen-bond acceptors (Lipinski definition) is 7. The molecule has 0 amide bonds. The molecule has 7 heteroatoms. The Hall–Kier alpha value is -5.17. The van der Waals surface area contributed by atoms with Crippen LogP contribution in [0, 0.1) is 0 Å². The Balaban J connectivity index is 1.35. The summed E-state index contributed by atoms with van der Waals surface area (Å²) in [5, 5.41) is 1.98. The molecule has 0 radical (unpaired) electrons. The number of esters is 3. The van der Waals surface area contributed by atoms with Crippen LogP contribution >= 0.6 is 0 Å². The Morgan fingerprint density at radius 3 is 1.90 bits per heavy atom. The molecule has 0 heterocycles. The molecule has 4 aromatic carbocycles. The zero-order valence-electron chi connectivity index (χ0n) is 22.3. The smallest absolute Gasteiger partial charge is 0.343 e. The predicted octanol–water partition coefficient (Wildman–Crippen LogP) is 6.80. The average molecular weight is 537 g/mol. The molecule has 4 rings (SSSR count). The Morgan fingerprint density at radius 2 is 1.23 bits per heavy atom. The summed E-state index contributed by atoms with van der Waals surface area (Å²) in [4.78, 5) is 35.6. The standard InChI is InChI=1S/C33H28O7/c1-21(2)31(34)37-19-23-5-7-25(8-6-23)33(36)40-29-14-11-24(12-15-29)26-9-10-28-18-30(16-13-27(28)17-26)38-20-39-32(35)22(3)4/h5-18H,1,3,19-20H2,2,4H3. The highest BCUT2D eigenvalue weighted by Gasteiger charge is 2.11. The third-order valence-electron chi connectivity index (χ3n) is 5.88. The summed E-state index contributed by atoms with van der Waals surface area (Å²) >= 11 is 0. The van der Waals surface area contributed by atoms with Crippen LogP contribution in [-0.4, -0.2) is 24.7 Å². The van der Waals surface area contributed by atoms with E-state index in [-0.39, 0.29) is 13.4 Å². The zero-order valence-corrected chi connectivity index (χ0v) is 22.3. The molecule has 7 nitrogen and oxygen atoms in total. The molecule has 0 bridgehead atoms. The van der Waals surface area contributed by atoms with E-state index in [0.717, 1.165) is 27.5 Å². The topological polar surface area (TPSA) is 88.1 Å². The molecule has 0 unspecified atom stereocenters. The number of fused-ring (bicyclic) bond motifs is 1. The minimum atomic E-state index is -0.499. The van der Waals surface area contributed by atoms with Crippen molar-refractivity contribution >= 4 is 28.7 Å². The molecular weight excluding hydrogens is 508 g/mol. The molecule has 202 valence electrons. The summed E-state index contributed by atoms with van der Waals surface area (Å²) in [6, 6.07) is 25.6. The van der Waals surface area contributed by atoms with E-state index in [4.69, 9.17) is 18.9 Å². The van der Waals surface area contributed by atoms with E-state index in [2.05, 4.69) is 19.2 Å². The molecular formula is C33H28O7. The number of hydrogen-bond donors (Lipinski definition) is 0. The number of ether oxygens (including phenoxy) is 4. The van der Waals surface area contributed by atoms with E-state index in [0.29, 0.717) is 28.2 Å². The molecule has 0 aromatic heterocycles. The van der Waals surface area contributed by atoms with Gasteiger partial charge in [0.05, 0.1) is 5.56 Å². The van der Waals surface area contributed by atoms with Crippen LogP contribution in [0.15, 0.2) is 109 Å². The number of benzene rings is 4. The van der Waals surface area contributed by atoms with Crippen molar-refractivity contribution in [1.29, 1.82) is 0 Å². The van der Waals surface area contributed by atoms with E-state index >= 15 is 0 Å². The van der Waals surface area contributed by atoms with Gasteiger partial charge in [0.25, 0.3) is 0 Å². The highest BCUT2D eigenvalue weighted by molar-refractivity contribution is 5.91. The van der Waals surface area contributed by atoms with Crippen molar-refractivity contribution in [3.05, 3.63) is 120 Å². The molecule has 0 N–H and O–H groups in total. The van der Waals surface area contributed by atoms with Gasteiger partial charge in [-0.3, -0.25) is 0 Å². The molecule has 0 atom stereocenters. The Bertz CT molecular complexity index is 1580. The molecule has 0 aliphatic carbocycles. The Kier molecular flexibility index (Phi) is 8.76. The second kappa shape index (κ2) is 12.6. The van der Waals surface area contributed by atoms with Gasteiger partial charge in [-0.1, -0.05) is 55.6 Å². The van der Waals surface area contributed by atoms with Gasteiger partial charge in [-0.15, -0.1) is 0 Å². The first kappa shape index (κ1) is 27.9. The monoisotopic (exact) mass is 536 g/mol. The third-order valence-corrected chi connectivity index (χ3v) is 5.88. The fourth-order valence-electron chi connectivity index (χ4n) is 3.66. The lowest BCUT2D eigenvalue weighted by atomic mass is 10.0. The van der Waals surface area contributed by atoms with Crippen molar-refractivity contribution in [1.82, 2.24) is 0 Å². The number of rotatable bonds is 10. The van der Waals surface area contributed by atoms with E-state index in [1.165, 1.54) is 0 Å². The Labute approximate surface area is 232 Å².